The molecule has 2 N–H and O–H groups in total. The molecule has 0 saturated heterocycles. The molecule has 0 bridgehead atoms. The van der Waals surface area contributed by atoms with Gasteiger partial charge in [0, 0.05) is 12.2 Å². The standard InChI is InChI=1S/C16H24N2O2S/c1-6-21-12(2)18-14-10-8-7-9-13(14)11-17-15(19)20-16(3,4)5/h7-10,18H,2,6,11H2,1,3-5H3,(H,17,19). The molecule has 21 heavy (non-hydrogen) atoms. The van der Waals surface area contributed by atoms with Gasteiger partial charge in [0.05, 0.1) is 5.03 Å². The molecule has 0 heterocycles. The first-order valence-corrected chi connectivity index (χ1v) is 7.94. The summed E-state index contributed by atoms with van der Waals surface area (Å²) in [7, 11) is 0. The molecule has 1 amide bonds. The molecule has 0 saturated carbocycles. The monoisotopic (exact) mass is 308 g/mol. The Balaban J connectivity index is 2.63. The van der Waals surface area contributed by atoms with Gasteiger partial charge in [-0.3, -0.25) is 0 Å². The molecule has 1 aromatic rings. The van der Waals surface area contributed by atoms with Crippen LogP contribution in [0.1, 0.15) is 33.3 Å². The van der Waals surface area contributed by atoms with E-state index in [1.165, 1.54) is 0 Å². The van der Waals surface area contributed by atoms with Gasteiger partial charge >= 0.3 is 6.09 Å². The van der Waals surface area contributed by atoms with Crippen molar-refractivity contribution in [2.45, 2.75) is 39.8 Å². The molecule has 0 aliphatic rings. The van der Waals surface area contributed by atoms with Crippen LogP contribution in [0.4, 0.5) is 10.5 Å². The van der Waals surface area contributed by atoms with Gasteiger partial charge in [-0.15, -0.1) is 11.8 Å². The molecule has 1 aromatic carbocycles. The van der Waals surface area contributed by atoms with E-state index in [0.29, 0.717) is 6.54 Å². The third-order valence-electron chi connectivity index (χ3n) is 2.43. The first kappa shape index (κ1) is 17.4. The molecule has 0 radical (unpaired) electrons. The number of ether oxygens (including phenoxy) is 1. The zero-order valence-corrected chi connectivity index (χ0v) is 14.0. The second kappa shape index (κ2) is 7.98. The van der Waals surface area contributed by atoms with Gasteiger partial charge in [0.15, 0.2) is 0 Å². The van der Waals surface area contributed by atoms with Crippen LogP contribution in [0.2, 0.25) is 0 Å². The van der Waals surface area contributed by atoms with Crippen LogP contribution in [0.3, 0.4) is 0 Å². The smallest absolute Gasteiger partial charge is 0.407 e. The highest BCUT2D eigenvalue weighted by Gasteiger charge is 2.16. The predicted molar refractivity (Wildman–Crippen MR) is 90.4 cm³/mol. The lowest BCUT2D eigenvalue weighted by Gasteiger charge is -2.20. The van der Waals surface area contributed by atoms with E-state index in [4.69, 9.17) is 4.74 Å². The van der Waals surface area contributed by atoms with Crippen LogP contribution in [0, 0.1) is 0 Å². The molecule has 0 aliphatic heterocycles. The molecular formula is C16H24N2O2S. The number of rotatable bonds is 6. The fourth-order valence-electron chi connectivity index (χ4n) is 1.64. The minimum atomic E-state index is -0.492. The SMILES string of the molecule is C=C(Nc1ccccc1CNC(=O)OC(C)(C)C)SCC. The number of carbonyl (C=O) groups is 1. The number of amides is 1. The van der Waals surface area contributed by atoms with E-state index < -0.39 is 11.7 Å². The van der Waals surface area contributed by atoms with Crippen LogP contribution in [-0.2, 0) is 11.3 Å². The number of alkyl carbamates (subject to hydrolysis) is 1. The Labute approximate surface area is 131 Å². The summed E-state index contributed by atoms with van der Waals surface area (Å²) < 4.78 is 5.23. The largest absolute Gasteiger partial charge is 0.444 e. The van der Waals surface area contributed by atoms with Crippen LogP contribution in [0.5, 0.6) is 0 Å². The summed E-state index contributed by atoms with van der Waals surface area (Å²) >= 11 is 1.65. The highest BCUT2D eigenvalue weighted by molar-refractivity contribution is 8.03. The number of nitrogens with one attached hydrogen (secondary N) is 2. The molecule has 1 rings (SSSR count). The van der Waals surface area contributed by atoms with Crippen molar-refractivity contribution in [1.29, 1.82) is 0 Å². The third kappa shape index (κ3) is 7.09. The lowest BCUT2D eigenvalue weighted by Crippen LogP contribution is -2.32. The Morgan fingerprint density at radius 2 is 2.00 bits per heavy atom. The van der Waals surface area contributed by atoms with Gasteiger partial charge in [0.2, 0.25) is 0 Å². The first-order valence-electron chi connectivity index (χ1n) is 6.95. The van der Waals surface area contributed by atoms with Gasteiger partial charge in [-0.25, -0.2) is 4.79 Å². The molecule has 0 atom stereocenters. The molecule has 0 spiro atoms. The Hall–Kier alpha value is -1.62. The molecule has 116 valence electrons. The second-order valence-electron chi connectivity index (χ2n) is 5.49. The van der Waals surface area contributed by atoms with E-state index in [9.17, 15) is 4.79 Å². The highest BCUT2D eigenvalue weighted by atomic mass is 32.2. The topological polar surface area (TPSA) is 50.4 Å². The minimum Gasteiger partial charge on any atom is -0.444 e. The van der Waals surface area contributed by atoms with Crippen LogP contribution >= 0.6 is 11.8 Å². The van der Waals surface area contributed by atoms with Gasteiger partial charge in [0.25, 0.3) is 0 Å². The van der Waals surface area contributed by atoms with Crippen LogP contribution < -0.4 is 10.6 Å². The summed E-state index contributed by atoms with van der Waals surface area (Å²) in [5.41, 5.74) is 1.44. The van der Waals surface area contributed by atoms with Crippen molar-refractivity contribution >= 4 is 23.5 Å². The maximum atomic E-state index is 11.7. The Kier molecular flexibility index (Phi) is 6.62. The number of hydrogen-bond donors (Lipinski definition) is 2. The summed E-state index contributed by atoms with van der Waals surface area (Å²) in [6, 6.07) is 7.81. The maximum absolute atomic E-state index is 11.7. The average Bonchev–Trinajstić information content (AvgIpc) is 2.36. The molecule has 4 nitrogen and oxygen atoms in total. The second-order valence-corrected chi connectivity index (χ2v) is 6.85. The number of benzene rings is 1. The van der Waals surface area contributed by atoms with E-state index in [-0.39, 0.29) is 0 Å². The summed E-state index contributed by atoms with van der Waals surface area (Å²) in [5.74, 6) is 0.962. The molecular weight excluding hydrogens is 284 g/mol. The Bertz CT molecular complexity index is 495. The fraction of sp³-hybridized carbons (Fsp3) is 0.438. The van der Waals surface area contributed by atoms with Crippen molar-refractivity contribution in [1.82, 2.24) is 5.32 Å². The van der Waals surface area contributed by atoms with Crippen molar-refractivity contribution < 1.29 is 9.53 Å². The highest BCUT2D eigenvalue weighted by Crippen LogP contribution is 2.21. The number of para-hydroxylation sites is 1. The number of hydrogen-bond acceptors (Lipinski definition) is 4. The van der Waals surface area contributed by atoms with E-state index in [0.717, 1.165) is 22.0 Å². The fourth-order valence-corrected chi connectivity index (χ4v) is 2.17. The third-order valence-corrected chi connectivity index (χ3v) is 3.17. The molecule has 5 heteroatoms. The van der Waals surface area contributed by atoms with Gasteiger partial charge in [0.1, 0.15) is 5.60 Å². The number of carbonyl (C=O) groups excluding carboxylic acids is 1. The average molecular weight is 308 g/mol. The van der Waals surface area contributed by atoms with Crippen molar-refractivity contribution in [3.05, 3.63) is 41.4 Å². The lowest BCUT2D eigenvalue weighted by atomic mass is 10.2. The summed E-state index contributed by atoms with van der Waals surface area (Å²) in [6.07, 6.45) is -0.418. The minimum absolute atomic E-state index is 0.405. The van der Waals surface area contributed by atoms with E-state index in [1.807, 2.05) is 45.0 Å². The molecule has 0 aromatic heterocycles. The van der Waals surface area contributed by atoms with Crippen molar-refractivity contribution in [2.75, 3.05) is 11.1 Å². The molecule has 0 fully saturated rings. The van der Waals surface area contributed by atoms with E-state index >= 15 is 0 Å². The van der Waals surface area contributed by atoms with Crippen LogP contribution in [0.15, 0.2) is 35.9 Å². The number of anilines is 1. The van der Waals surface area contributed by atoms with Crippen LogP contribution in [-0.4, -0.2) is 17.4 Å². The van der Waals surface area contributed by atoms with Crippen molar-refractivity contribution in [3.63, 3.8) is 0 Å². The van der Waals surface area contributed by atoms with Gasteiger partial charge in [-0.05, 0) is 38.2 Å². The Morgan fingerprint density at radius 1 is 1.33 bits per heavy atom. The van der Waals surface area contributed by atoms with Crippen LogP contribution in [0.25, 0.3) is 0 Å². The summed E-state index contributed by atoms with van der Waals surface area (Å²) in [6.45, 7) is 12.0. The Morgan fingerprint density at radius 3 is 2.62 bits per heavy atom. The quantitative estimate of drug-likeness (QED) is 0.820. The molecule has 0 aliphatic carbocycles. The summed E-state index contributed by atoms with van der Waals surface area (Å²) in [4.78, 5) is 11.7. The van der Waals surface area contributed by atoms with Crippen molar-refractivity contribution in [3.8, 4) is 0 Å². The molecule has 0 unspecified atom stereocenters. The predicted octanol–water partition coefficient (Wildman–Crippen LogP) is 4.35. The summed E-state index contributed by atoms with van der Waals surface area (Å²) in [5, 5.41) is 6.91. The van der Waals surface area contributed by atoms with Gasteiger partial charge < -0.3 is 15.4 Å². The number of thioether (sulfide) groups is 1. The van der Waals surface area contributed by atoms with E-state index in [2.05, 4.69) is 24.1 Å². The van der Waals surface area contributed by atoms with Gasteiger partial charge in [-0.1, -0.05) is 31.7 Å². The maximum Gasteiger partial charge on any atom is 0.407 e. The van der Waals surface area contributed by atoms with Gasteiger partial charge in [-0.2, -0.15) is 0 Å². The van der Waals surface area contributed by atoms with Crippen molar-refractivity contribution in [2.24, 2.45) is 0 Å². The van der Waals surface area contributed by atoms with E-state index in [1.54, 1.807) is 11.8 Å². The lowest BCUT2D eigenvalue weighted by molar-refractivity contribution is 0.0523. The normalized spacial score (nSPS) is 10.9. The zero-order chi connectivity index (χ0) is 15.9. The zero-order valence-electron chi connectivity index (χ0n) is 13.2. The first-order chi connectivity index (χ1) is 9.81.